The Labute approximate surface area is 172 Å². The van der Waals surface area contributed by atoms with E-state index < -0.39 is 0 Å². The van der Waals surface area contributed by atoms with Gasteiger partial charge in [0.2, 0.25) is 0 Å². The van der Waals surface area contributed by atoms with Crippen LogP contribution in [0.2, 0.25) is 0 Å². The molecule has 29 heavy (non-hydrogen) atoms. The van der Waals surface area contributed by atoms with E-state index in [9.17, 15) is 0 Å². The van der Waals surface area contributed by atoms with Crippen molar-refractivity contribution >= 4 is 11.0 Å². The van der Waals surface area contributed by atoms with Crippen LogP contribution in [0.3, 0.4) is 0 Å². The molecule has 0 unspecified atom stereocenters. The van der Waals surface area contributed by atoms with Crippen molar-refractivity contribution in [2.24, 2.45) is 0 Å². The molecule has 5 heteroatoms. The van der Waals surface area contributed by atoms with Crippen LogP contribution < -0.4 is 9.47 Å². The number of unbranched alkanes of at least 4 members (excludes halogenated alkanes) is 1. The Morgan fingerprint density at radius 2 is 1.97 bits per heavy atom. The van der Waals surface area contributed by atoms with Crippen molar-refractivity contribution < 1.29 is 14.6 Å². The molecular weight excluding hydrogens is 364 g/mol. The van der Waals surface area contributed by atoms with Crippen molar-refractivity contribution in [3.8, 4) is 11.5 Å². The number of para-hydroxylation sites is 2. The molecule has 0 spiro atoms. The van der Waals surface area contributed by atoms with Gasteiger partial charge in [-0.05, 0) is 55.5 Å². The summed E-state index contributed by atoms with van der Waals surface area (Å²) in [5.74, 6) is 2.58. The number of benzene rings is 2. The van der Waals surface area contributed by atoms with E-state index in [0.717, 1.165) is 72.6 Å². The van der Waals surface area contributed by atoms with Crippen molar-refractivity contribution in [2.75, 3.05) is 20.3 Å². The Morgan fingerprint density at radius 3 is 2.76 bits per heavy atom. The highest BCUT2D eigenvalue weighted by Crippen LogP contribution is 2.28. The zero-order valence-electron chi connectivity index (χ0n) is 17.1. The SMILES string of the molecule is C=CCc1ccc(OCCCCn2c(CCCO)nc3ccccc32)c(OC)c1. The lowest BCUT2D eigenvalue weighted by Gasteiger charge is -2.13. The number of ether oxygens (including phenoxy) is 2. The number of aliphatic hydroxyl groups excluding tert-OH is 1. The molecule has 1 heterocycles. The Kier molecular flexibility index (Phi) is 7.70. The van der Waals surface area contributed by atoms with E-state index in [2.05, 4.69) is 17.2 Å². The van der Waals surface area contributed by atoms with Gasteiger partial charge in [0.15, 0.2) is 11.5 Å². The molecule has 2 aromatic carbocycles. The number of hydrogen-bond donors (Lipinski definition) is 1. The summed E-state index contributed by atoms with van der Waals surface area (Å²) in [7, 11) is 1.66. The fourth-order valence-corrected chi connectivity index (χ4v) is 3.48. The molecule has 0 aliphatic carbocycles. The van der Waals surface area contributed by atoms with E-state index in [1.165, 1.54) is 0 Å². The number of aryl methyl sites for hydroxylation is 2. The van der Waals surface area contributed by atoms with Crippen molar-refractivity contribution in [1.82, 2.24) is 9.55 Å². The summed E-state index contributed by atoms with van der Waals surface area (Å²) in [6.07, 6.45) is 6.13. The molecule has 5 nitrogen and oxygen atoms in total. The smallest absolute Gasteiger partial charge is 0.161 e. The van der Waals surface area contributed by atoms with E-state index in [1.807, 2.05) is 42.5 Å². The minimum absolute atomic E-state index is 0.185. The zero-order valence-corrected chi connectivity index (χ0v) is 17.1. The Hall–Kier alpha value is -2.79. The third-order valence-electron chi connectivity index (χ3n) is 4.93. The maximum absolute atomic E-state index is 9.17. The fraction of sp³-hybridized carbons (Fsp3) is 0.375. The van der Waals surface area contributed by atoms with Crippen LogP contribution in [-0.4, -0.2) is 35.0 Å². The summed E-state index contributed by atoms with van der Waals surface area (Å²) in [4.78, 5) is 4.74. The number of aromatic nitrogens is 2. The number of rotatable bonds is 12. The minimum atomic E-state index is 0.185. The van der Waals surface area contributed by atoms with Crippen LogP contribution in [0, 0.1) is 0 Å². The monoisotopic (exact) mass is 394 g/mol. The van der Waals surface area contributed by atoms with Crippen LogP contribution in [0.4, 0.5) is 0 Å². The zero-order chi connectivity index (χ0) is 20.5. The molecular formula is C24H30N2O3. The molecule has 3 aromatic rings. The van der Waals surface area contributed by atoms with Gasteiger partial charge >= 0.3 is 0 Å². The molecule has 0 amide bonds. The molecule has 0 saturated carbocycles. The molecule has 154 valence electrons. The van der Waals surface area contributed by atoms with E-state index in [1.54, 1.807) is 7.11 Å². The molecule has 0 aliphatic rings. The van der Waals surface area contributed by atoms with Gasteiger partial charge in [-0.2, -0.15) is 0 Å². The molecule has 3 rings (SSSR count). The number of aliphatic hydroxyl groups is 1. The maximum Gasteiger partial charge on any atom is 0.161 e. The summed E-state index contributed by atoms with van der Waals surface area (Å²) in [6.45, 7) is 5.48. The van der Waals surface area contributed by atoms with E-state index in [4.69, 9.17) is 19.6 Å². The number of allylic oxidation sites excluding steroid dienone is 1. The third-order valence-corrected chi connectivity index (χ3v) is 4.93. The van der Waals surface area contributed by atoms with Gasteiger partial charge in [-0.3, -0.25) is 0 Å². The highest BCUT2D eigenvalue weighted by molar-refractivity contribution is 5.75. The highest BCUT2D eigenvalue weighted by atomic mass is 16.5. The second kappa shape index (κ2) is 10.7. The molecule has 0 radical (unpaired) electrons. The molecule has 0 fully saturated rings. The van der Waals surface area contributed by atoms with Crippen LogP contribution in [-0.2, 0) is 19.4 Å². The second-order valence-electron chi connectivity index (χ2n) is 7.03. The van der Waals surface area contributed by atoms with Crippen LogP contribution >= 0.6 is 0 Å². The number of imidazole rings is 1. The van der Waals surface area contributed by atoms with Crippen LogP contribution in [0.25, 0.3) is 11.0 Å². The lowest BCUT2D eigenvalue weighted by Crippen LogP contribution is -2.07. The van der Waals surface area contributed by atoms with E-state index in [0.29, 0.717) is 6.61 Å². The third kappa shape index (κ3) is 5.39. The predicted octanol–water partition coefficient (Wildman–Crippen LogP) is 4.56. The van der Waals surface area contributed by atoms with Crippen molar-refractivity contribution in [2.45, 2.75) is 38.6 Å². The van der Waals surface area contributed by atoms with Gasteiger partial charge in [-0.25, -0.2) is 4.98 Å². The summed E-state index contributed by atoms with van der Waals surface area (Å²) < 4.78 is 13.7. The Bertz CT molecular complexity index is 933. The molecule has 0 aliphatic heterocycles. The van der Waals surface area contributed by atoms with Gasteiger partial charge in [-0.1, -0.05) is 24.3 Å². The average molecular weight is 395 g/mol. The Morgan fingerprint density at radius 1 is 1.10 bits per heavy atom. The molecule has 1 N–H and O–H groups in total. The fourth-order valence-electron chi connectivity index (χ4n) is 3.48. The molecule has 1 aromatic heterocycles. The van der Waals surface area contributed by atoms with Crippen molar-refractivity contribution in [1.29, 1.82) is 0 Å². The summed E-state index contributed by atoms with van der Waals surface area (Å²) in [5.41, 5.74) is 3.33. The second-order valence-corrected chi connectivity index (χ2v) is 7.03. The lowest BCUT2D eigenvalue weighted by atomic mass is 10.1. The Balaban J connectivity index is 1.56. The topological polar surface area (TPSA) is 56.5 Å². The van der Waals surface area contributed by atoms with E-state index >= 15 is 0 Å². The highest BCUT2D eigenvalue weighted by Gasteiger charge is 2.10. The van der Waals surface area contributed by atoms with Gasteiger partial charge < -0.3 is 19.1 Å². The standard InChI is InChI=1S/C24H30N2O3/c1-3-9-19-13-14-22(23(18-19)28-2)29-17-7-6-15-26-21-11-5-4-10-20(21)25-24(26)12-8-16-27/h3-5,10-11,13-14,18,27H,1,6-9,12,15-17H2,2H3. The molecule has 0 saturated heterocycles. The predicted molar refractivity (Wildman–Crippen MR) is 117 cm³/mol. The number of nitrogens with zero attached hydrogens (tertiary/aromatic N) is 2. The number of hydrogen-bond acceptors (Lipinski definition) is 4. The van der Waals surface area contributed by atoms with Gasteiger partial charge in [0, 0.05) is 19.6 Å². The minimum Gasteiger partial charge on any atom is -0.493 e. The molecule has 0 atom stereocenters. The quantitative estimate of drug-likeness (QED) is 0.361. The van der Waals surface area contributed by atoms with Crippen LogP contribution in [0.1, 0.15) is 30.7 Å². The van der Waals surface area contributed by atoms with Crippen molar-refractivity contribution in [3.05, 3.63) is 66.5 Å². The lowest BCUT2D eigenvalue weighted by molar-refractivity contribution is 0.282. The first-order chi connectivity index (χ1) is 14.3. The average Bonchev–Trinajstić information content (AvgIpc) is 3.10. The van der Waals surface area contributed by atoms with E-state index in [-0.39, 0.29) is 6.61 Å². The summed E-state index contributed by atoms with van der Waals surface area (Å²) in [6, 6.07) is 14.2. The number of methoxy groups -OCH3 is 1. The van der Waals surface area contributed by atoms with Gasteiger partial charge in [0.1, 0.15) is 5.82 Å². The van der Waals surface area contributed by atoms with Crippen LogP contribution in [0.15, 0.2) is 55.1 Å². The van der Waals surface area contributed by atoms with Crippen LogP contribution in [0.5, 0.6) is 11.5 Å². The summed E-state index contributed by atoms with van der Waals surface area (Å²) in [5, 5.41) is 9.17. The normalized spacial score (nSPS) is 11.0. The van der Waals surface area contributed by atoms with Gasteiger partial charge in [0.05, 0.1) is 24.8 Å². The maximum atomic E-state index is 9.17. The first kappa shape index (κ1) is 20.9. The van der Waals surface area contributed by atoms with Gasteiger partial charge in [-0.15, -0.1) is 6.58 Å². The number of fused-ring (bicyclic) bond motifs is 1. The first-order valence-electron chi connectivity index (χ1n) is 10.2. The summed E-state index contributed by atoms with van der Waals surface area (Å²) >= 11 is 0. The van der Waals surface area contributed by atoms with Crippen molar-refractivity contribution in [3.63, 3.8) is 0 Å². The first-order valence-corrected chi connectivity index (χ1v) is 10.2. The molecule has 0 bridgehead atoms. The largest absolute Gasteiger partial charge is 0.493 e. The van der Waals surface area contributed by atoms with Gasteiger partial charge in [0.25, 0.3) is 0 Å².